The van der Waals surface area contributed by atoms with E-state index in [-0.39, 0.29) is 0 Å². The molecule has 80 valence electrons. The number of likely N-dealkylation sites (tertiary alicyclic amines) is 1. The molecule has 3 nitrogen and oxygen atoms in total. The second kappa shape index (κ2) is 4.53. The van der Waals surface area contributed by atoms with Crippen LogP contribution in [0.1, 0.15) is 26.2 Å². The number of amides is 1. The molecule has 0 spiro atoms. The molecule has 2 unspecified atom stereocenters. The lowest BCUT2D eigenvalue weighted by atomic mass is 10.3. The van der Waals surface area contributed by atoms with Crippen LogP contribution in [0.4, 0.5) is 0 Å². The number of carbonyl (C=O) groups excluding carboxylic acids is 1. The lowest BCUT2D eigenvalue weighted by molar-refractivity contribution is -0.130. The van der Waals surface area contributed by atoms with Crippen LogP contribution in [0.5, 0.6) is 0 Å². The number of carbonyl (C=O) groups is 1. The summed E-state index contributed by atoms with van der Waals surface area (Å²) in [6.07, 6.45) is 3.05. The average molecular weight is 214 g/mol. The fraction of sp³-hybridized carbons (Fsp3) is 0.900. The van der Waals surface area contributed by atoms with Crippen LogP contribution < -0.4 is 5.32 Å². The van der Waals surface area contributed by atoms with Crippen LogP contribution in [-0.4, -0.2) is 41.1 Å². The Balaban J connectivity index is 1.76. The number of hydrogen-bond acceptors (Lipinski definition) is 3. The average Bonchev–Trinajstić information content (AvgIpc) is 2.75. The van der Waals surface area contributed by atoms with Gasteiger partial charge < -0.3 is 10.2 Å². The van der Waals surface area contributed by atoms with E-state index in [1.165, 1.54) is 12.8 Å². The monoisotopic (exact) mass is 214 g/mol. The van der Waals surface area contributed by atoms with Gasteiger partial charge in [0.05, 0.1) is 11.8 Å². The lowest BCUT2D eigenvalue weighted by Gasteiger charge is -2.17. The number of nitrogens with zero attached hydrogens (tertiary/aromatic N) is 1. The summed E-state index contributed by atoms with van der Waals surface area (Å²) >= 11 is 1.89. The third kappa shape index (κ3) is 2.42. The summed E-state index contributed by atoms with van der Waals surface area (Å²) in [5.74, 6) is 0.335. The summed E-state index contributed by atoms with van der Waals surface area (Å²) in [4.78, 5) is 13.8. The molecule has 4 heteroatoms. The fourth-order valence-corrected chi connectivity index (χ4v) is 3.23. The molecule has 0 aromatic rings. The zero-order valence-corrected chi connectivity index (χ0v) is 9.48. The first-order valence-electron chi connectivity index (χ1n) is 5.42. The summed E-state index contributed by atoms with van der Waals surface area (Å²) < 4.78 is 0. The highest BCUT2D eigenvalue weighted by Gasteiger charge is 2.26. The second-order valence-electron chi connectivity index (χ2n) is 4.14. The third-order valence-electron chi connectivity index (χ3n) is 2.85. The molecule has 2 saturated heterocycles. The van der Waals surface area contributed by atoms with E-state index in [0.29, 0.717) is 23.0 Å². The zero-order chi connectivity index (χ0) is 9.97. The maximum Gasteiger partial charge on any atom is 0.225 e. The van der Waals surface area contributed by atoms with Crippen LogP contribution in [0, 0.1) is 0 Å². The van der Waals surface area contributed by atoms with Gasteiger partial charge in [-0.15, -0.1) is 11.8 Å². The Labute approximate surface area is 89.6 Å². The second-order valence-corrected chi connectivity index (χ2v) is 5.78. The predicted molar refractivity (Wildman–Crippen MR) is 59.3 cm³/mol. The number of thioether (sulfide) groups is 1. The van der Waals surface area contributed by atoms with Crippen molar-refractivity contribution in [1.29, 1.82) is 0 Å². The van der Waals surface area contributed by atoms with Gasteiger partial charge >= 0.3 is 0 Å². The molecule has 1 N–H and O–H groups in total. The molecule has 2 fully saturated rings. The normalized spacial score (nSPS) is 32.5. The van der Waals surface area contributed by atoms with Gasteiger partial charge in [0.2, 0.25) is 5.91 Å². The van der Waals surface area contributed by atoms with Crippen molar-refractivity contribution in [2.75, 3.05) is 19.6 Å². The molecule has 0 bridgehead atoms. The quantitative estimate of drug-likeness (QED) is 0.746. The molecular formula is C10H18N2OS. The maximum atomic E-state index is 11.8. The molecule has 0 aliphatic carbocycles. The standard InChI is InChI=1S/C10H18N2OS/c1-8-7-11-9(14-8)6-10(13)12-4-2-3-5-12/h8-9,11H,2-7H2,1H3. The summed E-state index contributed by atoms with van der Waals surface area (Å²) in [6, 6.07) is 0. The largest absolute Gasteiger partial charge is 0.343 e. The summed E-state index contributed by atoms with van der Waals surface area (Å²) in [5, 5.41) is 4.39. The van der Waals surface area contributed by atoms with Crippen LogP contribution in [0.2, 0.25) is 0 Å². The first kappa shape index (κ1) is 10.3. The molecule has 0 saturated carbocycles. The number of hydrogen-bond donors (Lipinski definition) is 1. The molecule has 14 heavy (non-hydrogen) atoms. The van der Waals surface area contributed by atoms with Crippen LogP contribution in [0.3, 0.4) is 0 Å². The molecule has 0 aromatic carbocycles. The first-order chi connectivity index (χ1) is 6.75. The summed E-state index contributed by atoms with van der Waals surface area (Å²) in [5.41, 5.74) is 0. The van der Waals surface area contributed by atoms with E-state index >= 15 is 0 Å². The first-order valence-corrected chi connectivity index (χ1v) is 6.36. The van der Waals surface area contributed by atoms with Gasteiger partial charge in [0, 0.05) is 24.9 Å². The molecule has 1 amide bonds. The molecular weight excluding hydrogens is 196 g/mol. The maximum absolute atomic E-state index is 11.8. The van der Waals surface area contributed by atoms with Crippen LogP contribution in [-0.2, 0) is 4.79 Å². The minimum absolute atomic E-state index is 0.335. The Morgan fingerprint density at radius 3 is 2.79 bits per heavy atom. The van der Waals surface area contributed by atoms with E-state index in [1.54, 1.807) is 0 Å². The van der Waals surface area contributed by atoms with E-state index in [0.717, 1.165) is 19.6 Å². The summed E-state index contributed by atoms with van der Waals surface area (Å²) in [6.45, 7) is 5.21. The molecule has 2 heterocycles. The van der Waals surface area contributed by atoms with Gasteiger partial charge in [-0.1, -0.05) is 6.92 Å². The highest BCUT2D eigenvalue weighted by molar-refractivity contribution is 8.00. The summed E-state index contributed by atoms with van der Waals surface area (Å²) in [7, 11) is 0. The number of rotatable bonds is 2. The van der Waals surface area contributed by atoms with E-state index in [1.807, 2.05) is 16.7 Å². The van der Waals surface area contributed by atoms with Crippen molar-refractivity contribution in [3.63, 3.8) is 0 Å². The zero-order valence-electron chi connectivity index (χ0n) is 8.66. The third-order valence-corrected chi connectivity index (χ3v) is 4.14. The smallest absolute Gasteiger partial charge is 0.225 e. The molecule has 0 aromatic heterocycles. The van der Waals surface area contributed by atoms with Gasteiger partial charge in [-0.05, 0) is 12.8 Å². The van der Waals surface area contributed by atoms with Gasteiger partial charge in [0.15, 0.2) is 0 Å². The highest BCUT2D eigenvalue weighted by Crippen LogP contribution is 2.25. The van der Waals surface area contributed by atoms with Crippen molar-refractivity contribution in [3.8, 4) is 0 Å². The van der Waals surface area contributed by atoms with Crippen molar-refractivity contribution >= 4 is 17.7 Å². The van der Waals surface area contributed by atoms with Gasteiger partial charge in [0.1, 0.15) is 0 Å². The minimum atomic E-state index is 0.335. The molecule has 2 aliphatic rings. The van der Waals surface area contributed by atoms with E-state index < -0.39 is 0 Å². The van der Waals surface area contributed by atoms with E-state index in [2.05, 4.69) is 12.2 Å². The predicted octanol–water partition coefficient (Wildman–Crippen LogP) is 1.05. The Hall–Kier alpha value is -0.220. The topological polar surface area (TPSA) is 32.3 Å². The van der Waals surface area contributed by atoms with Crippen LogP contribution >= 0.6 is 11.8 Å². The van der Waals surface area contributed by atoms with Crippen LogP contribution in [0.25, 0.3) is 0 Å². The molecule has 0 radical (unpaired) electrons. The van der Waals surface area contributed by atoms with Crippen molar-refractivity contribution < 1.29 is 4.79 Å². The molecule has 2 atom stereocenters. The van der Waals surface area contributed by atoms with Crippen molar-refractivity contribution in [1.82, 2.24) is 10.2 Å². The van der Waals surface area contributed by atoms with Gasteiger partial charge in [-0.2, -0.15) is 0 Å². The van der Waals surface area contributed by atoms with Gasteiger partial charge in [0.25, 0.3) is 0 Å². The minimum Gasteiger partial charge on any atom is -0.343 e. The van der Waals surface area contributed by atoms with Crippen LogP contribution in [0.15, 0.2) is 0 Å². The number of nitrogens with one attached hydrogen (secondary N) is 1. The fourth-order valence-electron chi connectivity index (χ4n) is 2.05. The Bertz CT molecular complexity index is 216. The SMILES string of the molecule is CC1CNC(CC(=O)N2CCCC2)S1. The van der Waals surface area contributed by atoms with E-state index in [4.69, 9.17) is 0 Å². The Kier molecular flexibility index (Phi) is 3.34. The molecule has 2 rings (SSSR count). The van der Waals surface area contributed by atoms with Gasteiger partial charge in [-0.25, -0.2) is 0 Å². The van der Waals surface area contributed by atoms with E-state index in [9.17, 15) is 4.79 Å². The Morgan fingerprint density at radius 2 is 2.21 bits per heavy atom. The Morgan fingerprint density at radius 1 is 1.50 bits per heavy atom. The van der Waals surface area contributed by atoms with Crippen molar-refractivity contribution in [3.05, 3.63) is 0 Å². The molecule has 2 aliphatic heterocycles. The lowest BCUT2D eigenvalue weighted by Crippen LogP contribution is -2.33. The highest BCUT2D eigenvalue weighted by atomic mass is 32.2. The van der Waals surface area contributed by atoms with Gasteiger partial charge in [-0.3, -0.25) is 4.79 Å². The van der Waals surface area contributed by atoms with Crippen molar-refractivity contribution in [2.45, 2.75) is 36.8 Å². The van der Waals surface area contributed by atoms with Crippen molar-refractivity contribution in [2.24, 2.45) is 0 Å².